The van der Waals surface area contributed by atoms with Crippen molar-refractivity contribution in [1.29, 1.82) is 0 Å². The summed E-state index contributed by atoms with van der Waals surface area (Å²) >= 11 is 0. The maximum Gasteiger partial charge on any atom is 0.407 e. The van der Waals surface area contributed by atoms with Crippen LogP contribution in [-0.2, 0) is 12.3 Å². The normalized spacial score (nSPS) is 36.3. The predicted molar refractivity (Wildman–Crippen MR) is 80.6 cm³/mol. The predicted octanol–water partition coefficient (Wildman–Crippen LogP) is 1.79. The Bertz CT molecular complexity index is 282. The number of hydrogen-bond donors (Lipinski definition) is 0. The SMILES string of the molecule is CCN(C)[Si]1(C)O[Si](C)(C)O[Si](C)(N(C)CC)O1. The van der Waals surface area contributed by atoms with Crippen molar-refractivity contribution in [3.05, 3.63) is 0 Å². The Hall–Kier alpha value is 0.451. The molecule has 1 heterocycles. The summed E-state index contributed by atoms with van der Waals surface area (Å²) in [5.41, 5.74) is 0. The summed E-state index contributed by atoms with van der Waals surface area (Å²) < 4.78 is 23.4. The second-order valence-corrected chi connectivity index (χ2v) is 15.9. The van der Waals surface area contributed by atoms with Crippen molar-refractivity contribution in [1.82, 2.24) is 9.13 Å². The van der Waals surface area contributed by atoms with Crippen LogP contribution < -0.4 is 0 Å². The number of nitrogens with zero attached hydrogens (tertiary/aromatic N) is 2. The largest absolute Gasteiger partial charge is 0.407 e. The highest BCUT2D eigenvalue weighted by Gasteiger charge is 2.58. The van der Waals surface area contributed by atoms with Crippen molar-refractivity contribution in [2.75, 3.05) is 27.2 Å². The van der Waals surface area contributed by atoms with E-state index in [9.17, 15) is 0 Å². The van der Waals surface area contributed by atoms with Gasteiger partial charge in [-0.1, -0.05) is 13.8 Å². The molecule has 1 rings (SSSR count). The van der Waals surface area contributed by atoms with Gasteiger partial charge in [-0.25, -0.2) is 0 Å². The summed E-state index contributed by atoms with van der Waals surface area (Å²) in [6.07, 6.45) is 0. The maximum atomic E-state index is 6.42. The Balaban J connectivity index is 3.05. The van der Waals surface area contributed by atoms with E-state index in [1.54, 1.807) is 0 Å². The topological polar surface area (TPSA) is 34.2 Å². The van der Waals surface area contributed by atoms with Gasteiger partial charge in [0.05, 0.1) is 0 Å². The molecule has 1 fully saturated rings. The highest BCUT2D eigenvalue weighted by atomic mass is 28.5. The minimum Gasteiger partial charge on any atom is -0.404 e. The molecule has 5 nitrogen and oxygen atoms in total. The molecule has 18 heavy (non-hydrogen) atoms. The minimum atomic E-state index is -2.30. The minimum absolute atomic E-state index is 0.938. The fourth-order valence-corrected chi connectivity index (χ4v) is 17.6. The Kier molecular flexibility index (Phi) is 4.99. The van der Waals surface area contributed by atoms with E-state index < -0.39 is 26.0 Å². The van der Waals surface area contributed by atoms with Gasteiger partial charge in [0, 0.05) is 0 Å². The first-order valence-corrected chi connectivity index (χ1v) is 14.0. The first kappa shape index (κ1) is 16.5. The van der Waals surface area contributed by atoms with E-state index in [-0.39, 0.29) is 0 Å². The zero-order valence-electron chi connectivity index (χ0n) is 13.0. The standard InChI is InChI=1S/C10H28N2O3Si3/c1-9-11(3)17(7)13-16(5,6)14-18(8,15-17)12(4)10-2/h9-10H2,1-8H3. The highest BCUT2D eigenvalue weighted by Crippen LogP contribution is 2.33. The first-order valence-electron chi connectivity index (χ1n) is 6.61. The molecule has 0 aromatic carbocycles. The third kappa shape index (κ3) is 3.31. The van der Waals surface area contributed by atoms with Crippen LogP contribution in [-0.4, -0.2) is 62.3 Å². The third-order valence-corrected chi connectivity index (χ3v) is 17.0. The van der Waals surface area contributed by atoms with Crippen molar-refractivity contribution in [2.45, 2.75) is 40.0 Å². The number of rotatable bonds is 4. The zero-order chi connectivity index (χ0) is 14.2. The van der Waals surface area contributed by atoms with Crippen LogP contribution in [0.4, 0.5) is 0 Å². The summed E-state index contributed by atoms with van der Waals surface area (Å²) in [7, 11) is -2.53. The van der Waals surface area contributed by atoms with E-state index in [1.807, 2.05) is 0 Å². The summed E-state index contributed by atoms with van der Waals surface area (Å²) in [5.74, 6) is 0. The molecule has 0 aromatic rings. The Labute approximate surface area is 115 Å². The molecule has 0 N–H and O–H groups in total. The highest BCUT2D eigenvalue weighted by molar-refractivity contribution is 6.91. The molecule has 2 atom stereocenters. The molecule has 0 aliphatic carbocycles. The van der Waals surface area contributed by atoms with Crippen molar-refractivity contribution < 1.29 is 12.3 Å². The fourth-order valence-electron chi connectivity index (χ4n) is 2.21. The summed E-state index contributed by atoms with van der Waals surface area (Å²) in [6, 6.07) is 0. The second-order valence-electron chi connectivity index (χ2n) is 5.53. The van der Waals surface area contributed by atoms with Crippen molar-refractivity contribution in [3.8, 4) is 0 Å². The molecule has 0 bridgehead atoms. The van der Waals surface area contributed by atoms with Crippen LogP contribution in [0, 0.1) is 0 Å². The van der Waals surface area contributed by atoms with Crippen LogP contribution in [0.3, 0.4) is 0 Å². The van der Waals surface area contributed by atoms with E-state index in [1.165, 1.54) is 0 Å². The van der Waals surface area contributed by atoms with Gasteiger partial charge >= 0.3 is 26.0 Å². The lowest BCUT2D eigenvalue weighted by Gasteiger charge is -2.53. The lowest BCUT2D eigenvalue weighted by atomic mass is 10.8. The molecule has 2 unspecified atom stereocenters. The molecule has 0 amide bonds. The summed E-state index contributed by atoms with van der Waals surface area (Å²) in [6.45, 7) is 14.7. The zero-order valence-corrected chi connectivity index (χ0v) is 16.0. The average Bonchev–Trinajstić information content (AvgIpc) is 2.23. The molecule has 0 radical (unpaired) electrons. The van der Waals surface area contributed by atoms with Crippen molar-refractivity contribution in [2.24, 2.45) is 0 Å². The van der Waals surface area contributed by atoms with Crippen LogP contribution in [0.15, 0.2) is 0 Å². The molecule has 108 valence electrons. The van der Waals surface area contributed by atoms with Crippen LogP contribution in [0.2, 0.25) is 26.2 Å². The average molecular weight is 309 g/mol. The smallest absolute Gasteiger partial charge is 0.404 e. The second kappa shape index (κ2) is 5.44. The monoisotopic (exact) mass is 308 g/mol. The lowest BCUT2D eigenvalue weighted by Crippen LogP contribution is -2.75. The van der Waals surface area contributed by atoms with Gasteiger partial charge in [-0.15, -0.1) is 0 Å². The van der Waals surface area contributed by atoms with E-state index in [0.29, 0.717) is 0 Å². The van der Waals surface area contributed by atoms with E-state index in [4.69, 9.17) is 12.3 Å². The molecular weight excluding hydrogens is 280 g/mol. The molecule has 0 saturated carbocycles. The Morgan fingerprint density at radius 1 is 0.722 bits per heavy atom. The van der Waals surface area contributed by atoms with E-state index >= 15 is 0 Å². The van der Waals surface area contributed by atoms with Gasteiger partial charge in [0.1, 0.15) is 0 Å². The molecule has 1 aliphatic rings. The Morgan fingerprint density at radius 3 is 1.33 bits per heavy atom. The molecule has 1 saturated heterocycles. The van der Waals surface area contributed by atoms with Crippen LogP contribution >= 0.6 is 0 Å². The van der Waals surface area contributed by atoms with Gasteiger partial charge in [-0.2, -0.15) is 0 Å². The van der Waals surface area contributed by atoms with Crippen LogP contribution in [0.1, 0.15) is 13.8 Å². The molecular formula is C10H28N2O3Si3. The number of hydrogen-bond acceptors (Lipinski definition) is 5. The van der Waals surface area contributed by atoms with Gasteiger partial charge in [-0.3, -0.25) is 9.13 Å². The maximum absolute atomic E-state index is 6.42. The lowest BCUT2D eigenvalue weighted by molar-refractivity contribution is 0.149. The molecule has 1 aliphatic heterocycles. The van der Waals surface area contributed by atoms with Crippen molar-refractivity contribution in [3.63, 3.8) is 0 Å². The summed E-state index contributed by atoms with van der Waals surface area (Å²) in [4.78, 5) is 0. The summed E-state index contributed by atoms with van der Waals surface area (Å²) in [5, 5.41) is 0. The molecule has 8 heteroatoms. The third-order valence-electron chi connectivity index (χ3n) is 3.58. The van der Waals surface area contributed by atoms with Crippen LogP contribution in [0.25, 0.3) is 0 Å². The van der Waals surface area contributed by atoms with Gasteiger partial charge in [0.25, 0.3) is 0 Å². The van der Waals surface area contributed by atoms with Gasteiger partial charge in [0.2, 0.25) is 0 Å². The van der Waals surface area contributed by atoms with E-state index in [0.717, 1.165) is 13.1 Å². The van der Waals surface area contributed by atoms with Gasteiger partial charge in [-0.05, 0) is 53.4 Å². The molecule has 0 spiro atoms. The van der Waals surface area contributed by atoms with E-state index in [2.05, 4.69) is 63.3 Å². The van der Waals surface area contributed by atoms with Gasteiger partial charge < -0.3 is 12.3 Å². The van der Waals surface area contributed by atoms with Crippen LogP contribution in [0.5, 0.6) is 0 Å². The Morgan fingerprint density at radius 2 is 1.06 bits per heavy atom. The quantitative estimate of drug-likeness (QED) is 0.740. The first-order chi connectivity index (χ1) is 8.08. The fraction of sp³-hybridized carbons (Fsp3) is 1.00. The van der Waals surface area contributed by atoms with Crippen molar-refractivity contribution >= 4 is 26.0 Å². The van der Waals surface area contributed by atoms with Gasteiger partial charge in [0.15, 0.2) is 0 Å². The molecule has 0 aromatic heterocycles.